The third-order valence-corrected chi connectivity index (χ3v) is 3.14. The summed E-state index contributed by atoms with van der Waals surface area (Å²) in [4.78, 5) is 7.58. The summed E-state index contributed by atoms with van der Waals surface area (Å²) in [6.45, 7) is 4.45. The molecule has 2 aromatic rings. The summed E-state index contributed by atoms with van der Waals surface area (Å²) >= 11 is 5.32. The summed E-state index contributed by atoms with van der Waals surface area (Å²) in [6, 6.07) is 3.75. The zero-order chi connectivity index (χ0) is 13.7. The SMILES string of the molecule is CCCOCCCn1c(=S)[nH]c2ccc(OC)nc21. The van der Waals surface area contributed by atoms with E-state index >= 15 is 0 Å². The number of pyridine rings is 1. The Morgan fingerprint density at radius 2 is 2.21 bits per heavy atom. The van der Waals surface area contributed by atoms with Gasteiger partial charge in [-0.25, -0.2) is 0 Å². The molecule has 0 radical (unpaired) electrons. The molecule has 0 amide bonds. The molecule has 0 bridgehead atoms. The fourth-order valence-electron chi connectivity index (χ4n) is 1.91. The van der Waals surface area contributed by atoms with Crippen LogP contribution in [0, 0.1) is 4.77 Å². The van der Waals surface area contributed by atoms with Gasteiger partial charge in [0.2, 0.25) is 5.88 Å². The Bertz CT molecular complexity index is 591. The van der Waals surface area contributed by atoms with Crippen LogP contribution in [0.5, 0.6) is 5.88 Å². The van der Waals surface area contributed by atoms with Gasteiger partial charge < -0.3 is 19.0 Å². The highest BCUT2D eigenvalue weighted by Gasteiger charge is 2.07. The molecule has 6 heteroatoms. The average molecular weight is 281 g/mol. The molecule has 19 heavy (non-hydrogen) atoms. The van der Waals surface area contributed by atoms with Crippen molar-refractivity contribution in [1.29, 1.82) is 0 Å². The van der Waals surface area contributed by atoms with Crippen molar-refractivity contribution < 1.29 is 9.47 Å². The molecule has 0 aliphatic rings. The second-order valence-corrected chi connectivity index (χ2v) is 4.66. The van der Waals surface area contributed by atoms with Crippen LogP contribution in [-0.2, 0) is 11.3 Å². The van der Waals surface area contributed by atoms with Gasteiger partial charge in [-0.2, -0.15) is 4.98 Å². The first-order valence-electron chi connectivity index (χ1n) is 6.47. The lowest BCUT2D eigenvalue weighted by Crippen LogP contribution is -2.04. The van der Waals surface area contributed by atoms with Crippen LogP contribution in [0.2, 0.25) is 0 Å². The van der Waals surface area contributed by atoms with Crippen molar-refractivity contribution in [1.82, 2.24) is 14.5 Å². The van der Waals surface area contributed by atoms with Crippen molar-refractivity contribution in [3.05, 3.63) is 16.9 Å². The maximum Gasteiger partial charge on any atom is 0.215 e. The second kappa shape index (κ2) is 6.68. The molecule has 0 aromatic carbocycles. The molecular formula is C13H19N3O2S. The topological polar surface area (TPSA) is 52.1 Å². The van der Waals surface area contributed by atoms with E-state index in [1.165, 1.54) is 0 Å². The molecule has 0 unspecified atom stereocenters. The summed E-state index contributed by atoms with van der Waals surface area (Å²) in [5.41, 5.74) is 1.76. The molecule has 2 aromatic heterocycles. The van der Waals surface area contributed by atoms with Gasteiger partial charge >= 0.3 is 0 Å². The minimum Gasteiger partial charge on any atom is -0.481 e. The molecular weight excluding hydrogens is 262 g/mol. The number of nitrogens with zero attached hydrogens (tertiary/aromatic N) is 2. The van der Waals surface area contributed by atoms with Crippen LogP contribution >= 0.6 is 12.2 Å². The molecule has 0 aliphatic heterocycles. The number of aryl methyl sites for hydroxylation is 1. The lowest BCUT2D eigenvalue weighted by atomic mass is 10.4. The zero-order valence-corrected chi connectivity index (χ0v) is 12.1. The number of nitrogens with one attached hydrogen (secondary N) is 1. The van der Waals surface area contributed by atoms with Gasteiger partial charge in [0.15, 0.2) is 10.4 Å². The van der Waals surface area contributed by atoms with Crippen molar-refractivity contribution in [3.63, 3.8) is 0 Å². The van der Waals surface area contributed by atoms with E-state index in [0.29, 0.717) is 10.7 Å². The summed E-state index contributed by atoms with van der Waals surface area (Å²) in [5.74, 6) is 0.595. The standard InChI is InChI=1S/C13H19N3O2S/c1-3-8-18-9-4-7-16-12-10(14-13(16)19)5-6-11(15-12)17-2/h5-6H,3-4,7-9H2,1-2H3,(H,14,19). The Balaban J connectivity index is 2.12. The van der Waals surface area contributed by atoms with E-state index in [1.54, 1.807) is 7.11 Å². The van der Waals surface area contributed by atoms with Crippen LogP contribution in [0.15, 0.2) is 12.1 Å². The Morgan fingerprint density at radius 1 is 1.37 bits per heavy atom. The number of hydrogen-bond donors (Lipinski definition) is 1. The molecule has 5 nitrogen and oxygen atoms in total. The monoisotopic (exact) mass is 281 g/mol. The van der Waals surface area contributed by atoms with Crippen LogP contribution in [0.25, 0.3) is 11.2 Å². The fraction of sp³-hybridized carbons (Fsp3) is 0.538. The van der Waals surface area contributed by atoms with Crippen molar-refractivity contribution in [2.75, 3.05) is 20.3 Å². The summed E-state index contributed by atoms with van der Waals surface area (Å²) < 4.78 is 13.3. The zero-order valence-electron chi connectivity index (χ0n) is 11.3. The van der Waals surface area contributed by atoms with E-state index in [9.17, 15) is 0 Å². The number of fused-ring (bicyclic) bond motifs is 1. The van der Waals surface area contributed by atoms with Crippen LogP contribution in [0.4, 0.5) is 0 Å². The quantitative estimate of drug-likeness (QED) is 0.626. The van der Waals surface area contributed by atoms with Crippen LogP contribution < -0.4 is 4.74 Å². The molecule has 0 atom stereocenters. The van der Waals surface area contributed by atoms with Gasteiger partial charge in [0.05, 0.1) is 12.6 Å². The van der Waals surface area contributed by atoms with Gasteiger partial charge in [-0.1, -0.05) is 6.92 Å². The third kappa shape index (κ3) is 3.33. The lowest BCUT2D eigenvalue weighted by molar-refractivity contribution is 0.129. The van der Waals surface area contributed by atoms with Gasteiger partial charge in [-0.05, 0) is 31.1 Å². The van der Waals surface area contributed by atoms with E-state index < -0.39 is 0 Å². The normalized spacial score (nSPS) is 11.1. The number of methoxy groups -OCH3 is 1. The van der Waals surface area contributed by atoms with E-state index in [1.807, 2.05) is 16.7 Å². The number of aromatic nitrogens is 3. The van der Waals surface area contributed by atoms with Gasteiger partial charge in [0.25, 0.3) is 0 Å². The molecule has 1 N–H and O–H groups in total. The highest BCUT2D eigenvalue weighted by Crippen LogP contribution is 2.16. The third-order valence-electron chi connectivity index (χ3n) is 2.82. The van der Waals surface area contributed by atoms with Crippen molar-refractivity contribution in [2.45, 2.75) is 26.3 Å². The Labute approximate surface area is 117 Å². The van der Waals surface area contributed by atoms with Crippen LogP contribution in [-0.4, -0.2) is 34.9 Å². The molecule has 0 aliphatic carbocycles. The first-order chi connectivity index (χ1) is 9.26. The Morgan fingerprint density at radius 3 is 2.95 bits per heavy atom. The highest BCUT2D eigenvalue weighted by atomic mass is 32.1. The van der Waals surface area contributed by atoms with E-state index in [0.717, 1.165) is 43.8 Å². The van der Waals surface area contributed by atoms with Gasteiger partial charge in [0.1, 0.15) is 0 Å². The van der Waals surface area contributed by atoms with E-state index in [4.69, 9.17) is 21.7 Å². The molecule has 2 rings (SSSR count). The minimum absolute atomic E-state index is 0.595. The number of ether oxygens (including phenoxy) is 2. The lowest BCUT2D eigenvalue weighted by Gasteiger charge is -2.05. The van der Waals surface area contributed by atoms with E-state index in [2.05, 4.69) is 16.9 Å². The first-order valence-corrected chi connectivity index (χ1v) is 6.88. The van der Waals surface area contributed by atoms with Crippen molar-refractivity contribution in [3.8, 4) is 5.88 Å². The van der Waals surface area contributed by atoms with Crippen molar-refractivity contribution in [2.24, 2.45) is 0 Å². The number of imidazole rings is 1. The summed E-state index contributed by atoms with van der Waals surface area (Å²) in [5, 5.41) is 0. The number of aromatic amines is 1. The Kier molecular flexibility index (Phi) is 4.93. The minimum atomic E-state index is 0.595. The van der Waals surface area contributed by atoms with Gasteiger partial charge in [0, 0.05) is 25.8 Å². The number of rotatable bonds is 7. The maximum absolute atomic E-state index is 5.48. The molecule has 0 saturated heterocycles. The first kappa shape index (κ1) is 14.0. The molecule has 0 fully saturated rings. The summed E-state index contributed by atoms with van der Waals surface area (Å²) in [6.07, 6.45) is 1.96. The number of hydrogen-bond acceptors (Lipinski definition) is 4. The molecule has 0 spiro atoms. The number of H-pyrrole nitrogens is 1. The van der Waals surface area contributed by atoms with E-state index in [-0.39, 0.29) is 0 Å². The predicted molar refractivity (Wildman–Crippen MR) is 77.2 cm³/mol. The van der Waals surface area contributed by atoms with Gasteiger partial charge in [-0.3, -0.25) is 0 Å². The molecule has 0 saturated carbocycles. The Hall–Kier alpha value is -1.40. The largest absolute Gasteiger partial charge is 0.481 e. The smallest absolute Gasteiger partial charge is 0.215 e. The highest BCUT2D eigenvalue weighted by molar-refractivity contribution is 7.71. The van der Waals surface area contributed by atoms with Gasteiger partial charge in [-0.15, -0.1) is 0 Å². The molecule has 2 heterocycles. The average Bonchev–Trinajstić information content (AvgIpc) is 2.74. The summed E-state index contributed by atoms with van der Waals surface area (Å²) in [7, 11) is 1.61. The van der Waals surface area contributed by atoms with Crippen LogP contribution in [0.3, 0.4) is 0 Å². The van der Waals surface area contributed by atoms with Crippen molar-refractivity contribution >= 4 is 23.4 Å². The van der Waals surface area contributed by atoms with Crippen LogP contribution in [0.1, 0.15) is 19.8 Å². The molecule has 104 valence electrons. The fourth-order valence-corrected chi connectivity index (χ4v) is 2.19. The maximum atomic E-state index is 5.48. The predicted octanol–water partition coefficient (Wildman–Crippen LogP) is 2.92. The second-order valence-electron chi connectivity index (χ2n) is 4.27.